The van der Waals surface area contributed by atoms with Crippen LogP contribution < -0.4 is 10.2 Å². The van der Waals surface area contributed by atoms with Crippen molar-refractivity contribution in [3.8, 4) is 0 Å². The molecule has 1 unspecified atom stereocenters. The Morgan fingerprint density at radius 1 is 1.30 bits per heavy atom. The molecule has 7 heteroatoms. The van der Waals surface area contributed by atoms with Crippen molar-refractivity contribution in [1.82, 2.24) is 5.16 Å². The smallest absolute Gasteiger partial charge is 0.249 e. The van der Waals surface area contributed by atoms with Gasteiger partial charge in [0, 0.05) is 17.7 Å². The third kappa shape index (κ3) is 2.56. The molecule has 23 heavy (non-hydrogen) atoms. The summed E-state index contributed by atoms with van der Waals surface area (Å²) in [5.41, 5.74) is 2.16. The molecule has 1 aromatic carbocycles. The van der Waals surface area contributed by atoms with Gasteiger partial charge in [0.1, 0.15) is 11.8 Å². The van der Waals surface area contributed by atoms with Crippen LogP contribution >= 0.6 is 0 Å². The molecule has 0 aliphatic carbocycles. The molecule has 0 radical (unpaired) electrons. The van der Waals surface area contributed by atoms with E-state index in [2.05, 4.69) is 10.5 Å². The highest BCUT2D eigenvalue weighted by atomic mass is 19.2. The highest BCUT2D eigenvalue weighted by Gasteiger charge is 2.33. The molecule has 1 aliphatic heterocycles. The molecular weight excluding hydrogens is 304 g/mol. The van der Waals surface area contributed by atoms with Gasteiger partial charge in [-0.25, -0.2) is 8.78 Å². The van der Waals surface area contributed by atoms with E-state index in [1.807, 2.05) is 6.92 Å². The van der Waals surface area contributed by atoms with E-state index in [1.165, 1.54) is 4.90 Å². The summed E-state index contributed by atoms with van der Waals surface area (Å²) in [6, 6.07) is 1.65. The zero-order valence-corrected chi connectivity index (χ0v) is 13.1. The quantitative estimate of drug-likeness (QED) is 0.942. The monoisotopic (exact) mass is 321 g/mol. The Hall–Kier alpha value is -2.44. The van der Waals surface area contributed by atoms with Crippen molar-refractivity contribution in [3.05, 3.63) is 40.8 Å². The van der Waals surface area contributed by atoms with E-state index in [0.717, 1.165) is 17.7 Å². The van der Waals surface area contributed by atoms with Crippen LogP contribution in [0.1, 0.15) is 30.4 Å². The number of aryl methyl sites for hydroxylation is 2. The lowest BCUT2D eigenvalue weighted by Crippen LogP contribution is -2.46. The number of amides is 1. The van der Waals surface area contributed by atoms with Gasteiger partial charge >= 0.3 is 0 Å². The van der Waals surface area contributed by atoms with Crippen molar-refractivity contribution in [3.63, 3.8) is 0 Å². The van der Waals surface area contributed by atoms with E-state index >= 15 is 0 Å². The molecule has 1 aliphatic rings. The average Bonchev–Trinajstić information content (AvgIpc) is 2.83. The summed E-state index contributed by atoms with van der Waals surface area (Å²) in [7, 11) is 0. The molecule has 2 heterocycles. The van der Waals surface area contributed by atoms with Crippen molar-refractivity contribution in [1.29, 1.82) is 0 Å². The maximum atomic E-state index is 13.7. The van der Waals surface area contributed by atoms with Crippen LogP contribution in [0, 0.1) is 25.5 Å². The van der Waals surface area contributed by atoms with Crippen LogP contribution in [0.15, 0.2) is 16.7 Å². The number of fused-ring (bicyclic) bond motifs is 1. The summed E-state index contributed by atoms with van der Waals surface area (Å²) in [5.74, 6) is -1.52. The standard InChI is InChI=1S/C16H17F2N3O2/c1-4-13-16(22)21(7-10-8(2)20-23-9(10)3)15-6-12(18)11(17)5-14(15)19-13/h5-6,13,19H,4,7H2,1-3H3. The molecule has 5 nitrogen and oxygen atoms in total. The first-order chi connectivity index (χ1) is 10.9. The van der Waals surface area contributed by atoms with Crippen LogP contribution in [0.25, 0.3) is 0 Å². The lowest BCUT2D eigenvalue weighted by atomic mass is 10.0. The Balaban J connectivity index is 2.07. The number of anilines is 2. The predicted molar refractivity (Wildman–Crippen MR) is 81.2 cm³/mol. The molecule has 122 valence electrons. The summed E-state index contributed by atoms with van der Waals surface area (Å²) < 4.78 is 32.3. The Labute approximate surface area is 132 Å². The second-order valence-electron chi connectivity index (χ2n) is 5.62. The van der Waals surface area contributed by atoms with Crippen LogP contribution in [0.4, 0.5) is 20.2 Å². The molecule has 0 saturated carbocycles. The fourth-order valence-electron chi connectivity index (χ4n) is 2.76. The van der Waals surface area contributed by atoms with E-state index < -0.39 is 17.7 Å². The van der Waals surface area contributed by atoms with Gasteiger partial charge in [0.15, 0.2) is 11.6 Å². The van der Waals surface area contributed by atoms with Crippen molar-refractivity contribution < 1.29 is 18.1 Å². The largest absolute Gasteiger partial charge is 0.372 e. The van der Waals surface area contributed by atoms with Crippen LogP contribution in [0.2, 0.25) is 0 Å². The number of halogens is 2. The highest BCUT2D eigenvalue weighted by molar-refractivity contribution is 6.04. The molecule has 1 aromatic heterocycles. The van der Waals surface area contributed by atoms with Crippen molar-refractivity contribution >= 4 is 17.3 Å². The molecule has 1 amide bonds. The van der Waals surface area contributed by atoms with E-state index in [9.17, 15) is 13.6 Å². The maximum absolute atomic E-state index is 13.7. The number of nitrogens with zero attached hydrogens (tertiary/aromatic N) is 2. The van der Waals surface area contributed by atoms with Crippen molar-refractivity contribution in [2.45, 2.75) is 39.8 Å². The van der Waals surface area contributed by atoms with Gasteiger partial charge in [0.25, 0.3) is 0 Å². The van der Waals surface area contributed by atoms with Gasteiger partial charge in [-0.2, -0.15) is 0 Å². The molecule has 0 bridgehead atoms. The minimum atomic E-state index is -0.989. The first-order valence-corrected chi connectivity index (χ1v) is 7.41. The minimum Gasteiger partial charge on any atom is -0.372 e. The van der Waals surface area contributed by atoms with Gasteiger partial charge in [-0.05, 0) is 20.3 Å². The fraction of sp³-hybridized carbons (Fsp3) is 0.375. The van der Waals surface area contributed by atoms with Crippen LogP contribution in [0.3, 0.4) is 0 Å². The summed E-state index contributed by atoms with van der Waals surface area (Å²) in [4.78, 5) is 14.1. The summed E-state index contributed by atoms with van der Waals surface area (Å²) >= 11 is 0. The van der Waals surface area contributed by atoms with Crippen molar-refractivity contribution in [2.75, 3.05) is 10.2 Å². The summed E-state index contributed by atoms with van der Waals surface area (Å²) in [6.45, 7) is 5.60. The Bertz CT molecular complexity index is 753. The van der Waals surface area contributed by atoms with E-state index in [1.54, 1.807) is 13.8 Å². The van der Waals surface area contributed by atoms with Gasteiger partial charge in [-0.15, -0.1) is 0 Å². The van der Waals surface area contributed by atoms with E-state index in [0.29, 0.717) is 29.2 Å². The SMILES string of the molecule is CCC1Nc2cc(F)c(F)cc2N(Cc2c(C)noc2C)C1=O. The van der Waals surface area contributed by atoms with Crippen LogP contribution in [-0.2, 0) is 11.3 Å². The minimum absolute atomic E-state index is 0.189. The summed E-state index contributed by atoms with van der Waals surface area (Å²) in [6.07, 6.45) is 0.537. The number of hydrogen-bond donors (Lipinski definition) is 1. The zero-order valence-electron chi connectivity index (χ0n) is 13.1. The van der Waals surface area contributed by atoms with Gasteiger partial charge in [-0.3, -0.25) is 4.79 Å². The van der Waals surface area contributed by atoms with Gasteiger partial charge in [0.05, 0.1) is 23.6 Å². The van der Waals surface area contributed by atoms with Crippen LogP contribution in [0.5, 0.6) is 0 Å². The Morgan fingerprint density at radius 3 is 2.61 bits per heavy atom. The third-order valence-electron chi connectivity index (χ3n) is 4.13. The summed E-state index contributed by atoms with van der Waals surface area (Å²) in [5, 5.41) is 6.84. The van der Waals surface area contributed by atoms with Crippen LogP contribution in [-0.4, -0.2) is 17.1 Å². The number of benzene rings is 1. The molecule has 3 rings (SSSR count). The average molecular weight is 321 g/mol. The van der Waals surface area contributed by atoms with Gasteiger partial charge < -0.3 is 14.7 Å². The van der Waals surface area contributed by atoms with E-state index in [-0.39, 0.29) is 12.5 Å². The number of carbonyl (C=O) groups is 1. The van der Waals surface area contributed by atoms with Gasteiger partial charge in [0.2, 0.25) is 5.91 Å². The van der Waals surface area contributed by atoms with E-state index in [4.69, 9.17) is 4.52 Å². The lowest BCUT2D eigenvalue weighted by Gasteiger charge is -2.35. The normalized spacial score (nSPS) is 17.2. The molecule has 1 atom stereocenters. The number of rotatable bonds is 3. The third-order valence-corrected chi connectivity index (χ3v) is 4.13. The zero-order chi connectivity index (χ0) is 16.7. The van der Waals surface area contributed by atoms with Crippen molar-refractivity contribution in [2.24, 2.45) is 0 Å². The molecule has 0 spiro atoms. The molecule has 2 aromatic rings. The number of carbonyl (C=O) groups excluding carboxylic acids is 1. The topological polar surface area (TPSA) is 58.4 Å². The first kappa shape index (κ1) is 15.5. The Morgan fingerprint density at radius 2 is 2.00 bits per heavy atom. The maximum Gasteiger partial charge on any atom is 0.249 e. The second-order valence-corrected chi connectivity index (χ2v) is 5.62. The Kier molecular flexibility index (Phi) is 3.79. The van der Waals surface area contributed by atoms with Gasteiger partial charge in [-0.1, -0.05) is 12.1 Å². The number of nitrogens with one attached hydrogen (secondary N) is 1. The predicted octanol–water partition coefficient (Wildman–Crippen LogP) is 3.31. The molecule has 1 N–H and O–H groups in total. The second kappa shape index (κ2) is 5.64. The number of hydrogen-bond acceptors (Lipinski definition) is 4. The molecule has 0 saturated heterocycles. The highest BCUT2D eigenvalue weighted by Crippen LogP contribution is 2.35. The fourth-order valence-corrected chi connectivity index (χ4v) is 2.76. The molecule has 0 fully saturated rings. The first-order valence-electron chi connectivity index (χ1n) is 7.41. The number of aromatic nitrogens is 1. The lowest BCUT2D eigenvalue weighted by molar-refractivity contribution is -0.119. The molecular formula is C16H17F2N3O2.